The van der Waals surface area contributed by atoms with Crippen LogP contribution in [-0.4, -0.2) is 50.6 Å². The van der Waals surface area contributed by atoms with Gasteiger partial charge in [-0.1, -0.05) is 0 Å². The number of aliphatic hydroxyl groups is 1. The maximum atomic E-state index is 11.2. The highest BCUT2D eigenvalue weighted by Gasteiger charge is 2.33. The lowest BCUT2D eigenvalue weighted by Crippen LogP contribution is -2.19. The minimum atomic E-state index is -2.82. The van der Waals surface area contributed by atoms with Crippen LogP contribution in [-0.2, 0) is 19.3 Å². The van der Waals surface area contributed by atoms with Gasteiger partial charge in [0, 0.05) is 6.42 Å². The summed E-state index contributed by atoms with van der Waals surface area (Å²) < 4.78 is 33.1. The minimum Gasteiger partial charge on any atom is -0.394 e. The van der Waals surface area contributed by atoms with Gasteiger partial charge in [-0.2, -0.15) is 0 Å². The van der Waals surface area contributed by atoms with E-state index in [1.165, 1.54) is 0 Å². The van der Waals surface area contributed by atoms with Crippen LogP contribution in [0.4, 0.5) is 0 Å². The molecule has 2 fully saturated rings. The summed E-state index contributed by atoms with van der Waals surface area (Å²) in [5, 5.41) is 8.83. The highest BCUT2D eigenvalue weighted by Crippen LogP contribution is 2.26. The molecule has 0 aromatic heterocycles. The van der Waals surface area contributed by atoms with E-state index in [9.17, 15) is 8.42 Å². The van der Waals surface area contributed by atoms with Crippen molar-refractivity contribution in [2.45, 2.75) is 25.2 Å². The summed E-state index contributed by atoms with van der Waals surface area (Å²) in [7, 11) is -2.82. The Balaban J connectivity index is 1.79. The summed E-state index contributed by atoms with van der Waals surface area (Å²) in [4.78, 5) is 0. The monoisotopic (exact) mass is 236 g/mol. The summed E-state index contributed by atoms with van der Waals surface area (Å²) >= 11 is 0. The van der Waals surface area contributed by atoms with Crippen molar-refractivity contribution in [2.24, 2.45) is 5.92 Å². The molecule has 2 heterocycles. The average molecular weight is 236 g/mol. The first-order valence-corrected chi connectivity index (χ1v) is 6.99. The van der Waals surface area contributed by atoms with Crippen LogP contribution in [0.1, 0.15) is 12.8 Å². The van der Waals surface area contributed by atoms with Crippen molar-refractivity contribution in [1.82, 2.24) is 0 Å². The summed E-state index contributed by atoms with van der Waals surface area (Å²) in [5.41, 5.74) is 0. The van der Waals surface area contributed by atoms with E-state index in [1.807, 2.05) is 0 Å². The molecule has 88 valence electrons. The van der Waals surface area contributed by atoms with E-state index in [1.54, 1.807) is 0 Å². The van der Waals surface area contributed by atoms with Crippen molar-refractivity contribution in [3.63, 3.8) is 0 Å². The van der Waals surface area contributed by atoms with Crippen LogP contribution < -0.4 is 0 Å². The number of sulfone groups is 1. The zero-order valence-electron chi connectivity index (χ0n) is 8.46. The predicted octanol–water partition coefficient (Wildman–Crippen LogP) is -0.455. The molecule has 0 aromatic carbocycles. The van der Waals surface area contributed by atoms with Crippen molar-refractivity contribution in [2.75, 3.05) is 24.7 Å². The van der Waals surface area contributed by atoms with Crippen molar-refractivity contribution in [3.8, 4) is 0 Å². The molecule has 0 aliphatic carbocycles. The molecule has 3 atom stereocenters. The third-order valence-corrected chi connectivity index (χ3v) is 4.71. The largest absolute Gasteiger partial charge is 0.394 e. The van der Waals surface area contributed by atoms with Crippen LogP contribution >= 0.6 is 0 Å². The van der Waals surface area contributed by atoms with Gasteiger partial charge in [0.05, 0.1) is 24.7 Å². The molecule has 2 rings (SSSR count). The third kappa shape index (κ3) is 2.90. The normalized spacial score (nSPS) is 39.7. The first-order chi connectivity index (χ1) is 7.09. The Hall–Kier alpha value is -0.170. The molecule has 6 heteroatoms. The molecular formula is C9H16O5S. The first-order valence-electron chi connectivity index (χ1n) is 5.17. The van der Waals surface area contributed by atoms with Crippen molar-refractivity contribution < 1.29 is 23.0 Å². The van der Waals surface area contributed by atoms with E-state index in [0.29, 0.717) is 19.4 Å². The Morgan fingerprint density at radius 1 is 1.40 bits per heavy atom. The van der Waals surface area contributed by atoms with Gasteiger partial charge in [0.2, 0.25) is 0 Å². The molecule has 2 aliphatic heterocycles. The van der Waals surface area contributed by atoms with Crippen molar-refractivity contribution >= 4 is 9.84 Å². The van der Waals surface area contributed by atoms with Gasteiger partial charge < -0.3 is 14.6 Å². The SMILES string of the molecule is O=S1(=O)CCC(CC2OCC(CO)O2)C1. The van der Waals surface area contributed by atoms with Crippen molar-refractivity contribution in [3.05, 3.63) is 0 Å². The summed E-state index contributed by atoms with van der Waals surface area (Å²) in [5.74, 6) is 0.686. The molecular weight excluding hydrogens is 220 g/mol. The molecule has 2 aliphatic rings. The molecule has 1 N–H and O–H groups in total. The first kappa shape index (κ1) is 11.3. The van der Waals surface area contributed by atoms with Crippen LogP contribution in [0.3, 0.4) is 0 Å². The number of hydrogen-bond acceptors (Lipinski definition) is 5. The highest BCUT2D eigenvalue weighted by atomic mass is 32.2. The average Bonchev–Trinajstić information content (AvgIpc) is 2.73. The second-order valence-corrected chi connectivity index (χ2v) is 6.44. The Bertz CT molecular complexity index is 312. The molecule has 3 unspecified atom stereocenters. The molecule has 0 aromatic rings. The fourth-order valence-corrected chi connectivity index (χ4v) is 3.94. The summed E-state index contributed by atoms with van der Waals surface area (Å²) in [6.45, 7) is 0.361. The van der Waals surface area contributed by atoms with Crippen LogP contribution in [0.5, 0.6) is 0 Å². The van der Waals surface area contributed by atoms with Crippen LogP contribution in [0.25, 0.3) is 0 Å². The fourth-order valence-electron chi connectivity index (χ4n) is 2.06. The highest BCUT2D eigenvalue weighted by molar-refractivity contribution is 7.91. The van der Waals surface area contributed by atoms with Crippen molar-refractivity contribution in [1.29, 1.82) is 0 Å². The van der Waals surface area contributed by atoms with Crippen LogP contribution in [0, 0.1) is 5.92 Å². The Morgan fingerprint density at radius 2 is 2.20 bits per heavy atom. The van der Waals surface area contributed by atoms with Crippen LogP contribution in [0.2, 0.25) is 0 Å². The molecule has 0 saturated carbocycles. The van der Waals surface area contributed by atoms with Gasteiger partial charge in [0.1, 0.15) is 6.10 Å². The maximum absolute atomic E-state index is 11.2. The molecule has 0 spiro atoms. The topological polar surface area (TPSA) is 72.8 Å². The van der Waals surface area contributed by atoms with E-state index in [0.717, 1.165) is 0 Å². The van der Waals surface area contributed by atoms with Gasteiger partial charge in [-0.15, -0.1) is 0 Å². The van der Waals surface area contributed by atoms with Gasteiger partial charge in [-0.25, -0.2) is 8.42 Å². The zero-order chi connectivity index (χ0) is 10.9. The Kier molecular flexibility index (Phi) is 3.30. The minimum absolute atomic E-state index is 0.0422. The zero-order valence-corrected chi connectivity index (χ0v) is 9.28. The van der Waals surface area contributed by atoms with E-state index in [-0.39, 0.29) is 36.4 Å². The quantitative estimate of drug-likeness (QED) is 0.718. The molecule has 0 amide bonds. The smallest absolute Gasteiger partial charge is 0.158 e. The number of aliphatic hydroxyl groups excluding tert-OH is 1. The number of rotatable bonds is 3. The van der Waals surface area contributed by atoms with E-state index >= 15 is 0 Å². The van der Waals surface area contributed by atoms with Gasteiger partial charge in [-0.3, -0.25) is 0 Å². The third-order valence-electron chi connectivity index (χ3n) is 2.87. The maximum Gasteiger partial charge on any atom is 0.158 e. The molecule has 2 saturated heterocycles. The molecule has 15 heavy (non-hydrogen) atoms. The predicted molar refractivity (Wildman–Crippen MR) is 53.1 cm³/mol. The molecule has 0 radical (unpaired) electrons. The van der Waals surface area contributed by atoms with Gasteiger partial charge in [-0.05, 0) is 12.3 Å². The second-order valence-electron chi connectivity index (χ2n) is 4.21. The second kappa shape index (κ2) is 4.37. The van der Waals surface area contributed by atoms with Gasteiger partial charge in [0.25, 0.3) is 0 Å². The van der Waals surface area contributed by atoms with E-state index < -0.39 is 9.84 Å². The Morgan fingerprint density at radius 3 is 2.73 bits per heavy atom. The fraction of sp³-hybridized carbons (Fsp3) is 1.00. The lowest BCUT2D eigenvalue weighted by molar-refractivity contribution is -0.0761. The van der Waals surface area contributed by atoms with Gasteiger partial charge >= 0.3 is 0 Å². The summed E-state index contributed by atoms with van der Waals surface area (Å²) in [6.07, 6.45) is 0.749. The van der Waals surface area contributed by atoms with E-state index in [2.05, 4.69) is 0 Å². The lowest BCUT2D eigenvalue weighted by Gasteiger charge is -2.13. The lowest BCUT2D eigenvalue weighted by atomic mass is 10.1. The van der Waals surface area contributed by atoms with Crippen LogP contribution in [0.15, 0.2) is 0 Å². The Labute approximate surface area is 89.3 Å². The summed E-state index contributed by atoms with van der Waals surface area (Å²) in [6, 6.07) is 0. The van der Waals surface area contributed by atoms with Gasteiger partial charge in [0.15, 0.2) is 16.1 Å². The number of hydrogen-bond donors (Lipinski definition) is 1. The standard InChI is InChI=1S/C9H16O5S/c10-4-8-5-13-9(14-8)3-7-1-2-15(11,12)6-7/h7-10H,1-6H2. The molecule has 5 nitrogen and oxygen atoms in total. The van der Waals surface area contributed by atoms with E-state index in [4.69, 9.17) is 14.6 Å². The molecule has 0 bridgehead atoms. The number of ether oxygens (including phenoxy) is 2.